The highest BCUT2D eigenvalue weighted by Crippen LogP contribution is 2.45. The first-order valence-electron chi connectivity index (χ1n) is 15.9. The summed E-state index contributed by atoms with van der Waals surface area (Å²) in [5, 5.41) is 7.01. The third-order valence-electron chi connectivity index (χ3n) is 8.37. The first kappa shape index (κ1) is 30.5. The van der Waals surface area contributed by atoms with Crippen molar-refractivity contribution in [2.75, 3.05) is 0 Å². The van der Waals surface area contributed by atoms with Crippen LogP contribution in [0.5, 0.6) is 0 Å². The lowest BCUT2D eigenvalue weighted by molar-refractivity contribution is 1.37. The van der Waals surface area contributed by atoms with E-state index in [-0.39, 0.29) is 0 Å². The molecule has 0 atom stereocenters. The van der Waals surface area contributed by atoms with E-state index in [0.29, 0.717) is 0 Å². The minimum absolute atomic E-state index is 0.880. The summed E-state index contributed by atoms with van der Waals surface area (Å²) in [4.78, 5) is 10.7. The third kappa shape index (κ3) is 5.50. The van der Waals surface area contributed by atoms with Gasteiger partial charge in [-0.05, 0) is 75.0 Å². The van der Waals surface area contributed by atoms with E-state index >= 15 is 0 Å². The van der Waals surface area contributed by atoms with Gasteiger partial charge in [0.05, 0.1) is 20.8 Å². The van der Waals surface area contributed by atoms with E-state index < -0.39 is 0 Å². The van der Waals surface area contributed by atoms with Crippen LogP contribution in [0.4, 0.5) is 0 Å². The quantitative estimate of drug-likeness (QED) is 0.169. The SMILES string of the molecule is C=Cc1nc(-c2ccc(-c3c4ccccc4c(-c4ccc(-c5nc6ccccc6s5)cc4)c4cc(C)ccc34)cc2)sc1C=C.CC. The standard InChI is InChI=1S/C41H28N2S2.C2H6/c1-4-34-36(5-2)44-40(42-34)28-19-15-26(16-20-28)38-30-10-6-7-11-31(30)39(33-24-25(3)14-23-32(33)38)27-17-21-29(22-18-27)41-43-35-12-8-9-13-37(35)45-41;1-2/h4-24H,1-2H2,3H3;1-2H3. The number of hydrogen-bond donors (Lipinski definition) is 0. The number of fused-ring (bicyclic) bond motifs is 3. The number of rotatable bonds is 6. The molecule has 0 radical (unpaired) electrons. The summed E-state index contributed by atoms with van der Waals surface area (Å²) in [6.45, 7) is 14.0. The van der Waals surface area contributed by atoms with Gasteiger partial charge in [0.25, 0.3) is 0 Å². The van der Waals surface area contributed by atoms with E-state index in [1.807, 2.05) is 26.0 Å². The molecule has 0 aliphatic carbocycles. The van der Waals surface area contributed by atoms with Gasteiger partial charge in [-0.1, -0.05) is 136 Å². The van der Waals surface area contributed by atoms with Crippen LogP contribution in [0.1, 0.15) is 30.0 Å². The molecule has 2 heterocycles. The van der Waals surface area contributed by atoms with Crippen molar-refractivity contribution in [2.45, 2.75) is 20.8 Å². The summed E-state index contributed by atoms with van der Waals surface area (Å²) >= 11 is 3.38. The van der Waals surface area contributed by atoms with Crippen molar-refractivity contribution in [3.8, 4) is 43.4 Å². The van der Waals surface area contributed by atoms with E-state index in [9.17, 15) is 0 Å². The van der Waals surface area contributed by atoms with Gasteiger partial charge in [0, 0.05) is 11.1 Å². The van der Waals surface area contributed by atoms with Crippen LogP contribution in [-0.4, -0.2) is 9.97 Å². The molecule has 0 saturated heterocycles. The monoisotopic (exact) mass is 642 g/mol. The Morgan fingerprint density at radius 2 is 1.06 bits per heavy atom. The van der Waals surface area contributed by atoms with Crippen molar-refractivity contribution < 1.29 is 0 Å². The molecular formula is C43H34N2S2. The normalized spacial score (nSPS) is 11.0. The predicted molar refractivity (Wildman–Crippen MR) is 208 cm³/mol. The highest BCUT2D eigenvalue weighted by atomic mass is 32.1. The molecule has 0 aliphatic rings. The van der Waals surface area contributed by atoms with Gasteiger partial charge in [0.15, 0.2) is 0 Å². The lowest BCUT2D eigenvalue weighted by atomic mass is 9.85. The maximum atomic E-state index is 4.89. The largest absolute Gasteiger partial charge is 0.236 e. The molecular weight excluding hydrogens is 609 g/mol. The minimum Gasteiger partial charge on any atom is -0.236 e. The number of thiazole rings is 2. The zero-order valence-electron chi connectivity index (χ0n) is 26.7. The van der Waals surface area contributed by atoms with Crippen LogP contribution in [0, 0.1) is 6.92 Å². The molecule has 2 nitrogen and oxygen atoms in total. The van der Waals surface area contributed by atoms with Crippen molar-refractivity contribution in [3.05, 3.63) is 145 Å². The Morgan fingerprint density at radius 3 is 1.64 bits per heavy atom. The molecule has 0 spiro atoms. The Balaban J connectivity index is 0.00000172. The Bertz CT molecular complexity index is 2350. The Hall–Kier alpha value is -5.16. The molecule has 8 aromatic rings. The maximum Gasteiger partial charge on any atom is 0.124 e. The summed E-state index contributed by atoms with van der Waals surface area (Å²) in [6, 6.07) is 41.7. The Labute approximate surface area is 284 Å². The molecule has 228 valence electrons. The second-order valence-electron chi connectivity index (χ2n) is 11.2. The number of aromatic nitrogens is 2. The van der Waals surface area contributed by atoms with Crippen LogP contribution < -0.4 is 0 Å². The van der Waals surface area contributed by atoms with Gasteiger partial charge in [-0.3, -0.25) is 0 Å². The molecule has 0 N–H and O–H groups in total. The summed E-state index contributed by atoms with van der Waals surface area (Å²) in [6.07, 6.45) is 3.64. The van der Waals surface area contributed by atoms with Gasteiger partial charge in [-0.2, -0.15) is 0 Å². The average molecular weight is 643 g/mol. The lowest BCUT2D eigenvalue weighted by Crippen LogP contribution is -1.92. The first-order chi connectivity index (χ1) is 23.1. The second kappa shape index (κ2) is 12.9. The van der Waals surface area contributed by atoms with Gasteiger partial charge >= 0.3 is 0 Å². The number of hydrogen-bond acceptors (Lipinski definition) is 4. The molecule has 47 heavy (non-hydrogen) atoms. The van der Waals surface area contributed by atoms with E-state index in [4.69, 9.17) is 9.97 Å². The van der Waals surface area contributed by atoms with Crippen molar-refractivity contribution in [1.82, 2.24) is 9.97 Å². The Kier molecular flexibility index (Phi) is 8.38. The number of nitrogens with zero attached hydrogens (tertiary/aromatic N) is 2. The molecule has 0 saturated carbocycles. The summed E-state index contributed by atoms with van der Waals surface area (Å²) in [7, 11) is 0. The van der Waals surface area contributed by atoms with Gasteiger partial charge in [0.2, 0.25) is 0 Å². The molecule has 2 aromatic heterocycles. The summed E-state index contributed by atoms with van der Waals surface area (Å²) in [5.74, 6) is 0. The second-order valence-corrected chi connectivity index (χ2v) is 13.2. The molecule has 0 amide bonds. The van der Waals surface area contributed by atoms with Crippen LogP contribution in [0.3, 0.4) is 0 Å². The number of benzene rings is 6. The van der Waals surface area contributed by atoms with Crippen molar-refractivity contribution in [2.24, 2.45) is 0 Å². The molecule has 0 aliphatic heterocycles. The van der Waals surface area contributed by atoms with Crippen molar-refractivity contribution in [3.63, 3.8) is 0 Å². The van der Waals surface area contributed by atoms with E-state index in [2.05, 4.69) is 129 Å². The first-order valence-corrected chi connectivity index (χ1v) is 17.5. The fourth-order valence-corrected chi connectivity index (χ4v) is 8.12. The average Bonchev–Trinajstić information content (AvgIpc) is 3.76. The minimum atomic E-state index is 0.880. The lowest BCUT2D eigenvalue weighted by Gasteiger charge is -2.18. The molecule has 4 heteroatoms. The third-order valence-corrected chi connectivity index (χ3v) is 10.6. The van der Waals surface area contributed by atoms with Crippen molar-refractivity contribution in [1.29, 1.82) is 0 Å². The van der Waals surface area contributed by atoms with Crippen LogP contribution in [0.25, 0.3) is 87.3 Å². The number of aryl methyl sites for hydroxylation is 1. The zero-order chi connectivity index (χ0) is 32.5. The van der Waals surface area contributed by atoms with Crippen molar-refractivity contribution >= 4 is 66.6 Å². The number of para-hydroxylation sites is 1. The summed E-state index contributed by atoms with van der Waals surface area (Å²) in [5.41, 5.74) is 10.3. The highest BCUT2D eigenvalue weighted by molar-refractivity contribution is 7.21. The van der Waals surface area contributed by atoms with E-state index in [0.717, 1.165) is 37.2 Å². The van der Waals surface area contributed by atoms with Crippen LogP contribution in [0.2, 0.25) is 0 Å². The molecule has 0 unspecified atom stereocenters. The predicted octanol–water partition coefficient (Wildman–Crippen LogP) is 13.3. The van der Waals surface area contributed by atoms with Gasteiger partial charge in [0.1, 0.15) is 10.0 Å². The van der Waals surface area contributed by atoms with Gasteiger partial charge < -0.3 is 0 Å². The fraction of sp³-hybridized carbons (Fsp3) is 0.0698. The zero-order valence-corrected chi connectivity index (χ0v) is 28.4. The molecule has 0 fully saturated rings. The van der Waals surface area contributed by atoms with E-state index in [1.54, 1.807) is 28.7 Å². The van der Waals surface area contributed by atoms with Crippen LogP contribution in [-0.2, 0) is 0 Å². The van der Waals surface area contributed by atoms with Gasteiger partial charge in [-0.15, -0.1) is 22.7 Å². The molecule has 6 aromatic carbocycles. The smallest absolute Gasteiger partial charge is 0.124 e. The Morgan fingerprint density at radius 1 is 0.532 bits per heavy atom. The van der Waals surface area contributed by atoms with E-state index in [1.165, 1.54) is 54.1 Å². The van der Waals surface area contributed by atoms with Crippen LogP contribution in [0.15, 0.2) is 128 Å². The highest BCUT2D eigenvalue weighted by Gasteiger charge is 2.18. The summed E-state index contributed by atoms with van der Waals surface area (Å²) < 4.78 is 1.21. The fourth-order valence-electron chi connectivity index (χ4n) is 6.23. The van der Waals surface area contributed by atoms with Crippen LogP contribution >= 0.6 is 22.7 Å². The maximum absolute atomic E-state index is 4.89. The van der Waals surface area contributed by atoms with Gasteiger partial charge in [-0.25, -0.2) is 9.97 Å². The molecule has 8 rings (SSSR count). The topological polar surface area (TPSA) is 25.8 Å². The molecule has 0 bridgehead atoms.